The highest BCUT2D eigenvalue weighted by atomic mass is 35.5. The number of fused-ring (bicyclic) bond motifs is 1. The zero-order valence-electron chi connectivity index (χ0n) is 9.57. The minimum absolute atomic E-state index is 0.0107. The molecule has 0 aromatic carbocycles. The van der Waals surface area contributed by atoms with Gasteiger partial charge in [0, 0.05) is 6.42 Å². The summed E-state index contributed by atoms with van der Waals surface area (Å²) in [5, 5.41) is 19.0. The summed E-state index contributed by atoms with van der Waals surface area (Å²) in [5.41, 5.74) is 0.845. The Labute approximate surface area is 117 Å². The topological polar surface area (TPSA) is 93.3 Å². The summed E-state index contributed by atoms with van der Waals surface area (Å²) in [6.45, 7) is -0.249. The van der Waals surface area contributed by atoms with Crippen molar-refractivity contribution in [3.63, 3.8) is 0 Å². The van der Waals surface area contributed by atoms with E-state index in [4.69, 9.17) is 33.0 Å². The Morgan fingerprint density at radius 1 is 1.42 bits per heavy atom. The third-order valence-electron chi connectivity index (χ3n) is 3.05. The van der Waals surface area contributed by atoms with Gasteiger partial charge in [-0.25, -0.2) is 9.97 Å². The van der Waals surface area contributed by atoms with Crippen molar-refractivity contribution in [3.8, 4) is 0 Å². The molecule has 1 saturated heterocycles. The SMILES string of the molecule is OCC1O[C@@H](n2cnc3c(Cl)nc(Cl)nc32)C[C@@H]1O. The number of nitrogens with zero attached hydrogens (tertiary/aromatic N) is 4. The van der Waals surface area contributed by atoms with Gasteiger partial charge in [0.1, 0.15) is 17.8 Å². The number of hydrogen-bond donors (Lipinski definition) is 2. The van der Waals surface area contributed by atoms with E-state index in [-0.39, 0.29) is 17.0 Å². The molecule has 3 rings (SSSR count). The maximum absolute atomic E-state index is 9.74. The van der Waals surface area contributed by atoms with E-state index in [1.165, 1.54) is 6.33 Å². The van der Waals surface area contributed by atoms with E-state index in [0.29, 0.717) is 17.6 Å². The molecule has 3 atom stereocenters. The molecule has 0 radical (unpaired) electrons. The number of rotatable bonds is 2. The van der Waals surface area contributed by atoms with Gasteiger partial charge in [-0.15, -0.1) is 0 Å². The van der Waals surface area contributed by atoms with Gasteiger partial charge >= 0.3 is 0 Å². The molecule has 2 aromatic heterocycles. The maximum atomic E-state index is 9.74. The highest BCUT2D eigenvalue weighted by molar-refractivity contribution is 6.35. The number of halogens is 2. The van der Waals surface area contributed by atoms with Gasteiger partial charge in [-0.05, 0) is 11.6 Å². The molecule has 1 fully saturated rings. The average Bonchev–Trinajstić information content (AvgIpc) is 2.92. The van der Waals surface area contributed by atoms with Gasteiger partial charge in [-0.2, -0.15) is 4.98 Å². The van der Waals surface area contributed by atoms with E-state index in [2.05, 4.69) is 15.0 Å². The molecule has 3 heterocycles. The fraction of sp³-hybridized carbons (Fsp3) is 0.500. The number of hydrogen-bond acceptors (Lipinski definition) is 6. The second-order valence-electron chi connectivity index (χ2n) is 4.22. The molecule has 19 heavy (non-hydrogen) atoms. The van der Waals surface area contributed by atoms with E-state index in [9.17, 15) is 5.11 Å². The van der Waals surface area contributed by atoms with Gasteiger partial charge in [0.2, 0.25) is 5.28 Å². The lowest BCUT2D eigenvalue weighted by Gasteiger charge is -2.13. The minimum atomic E-state index is -0.736. The molecule has 0 amide bonds. The van der Waals surface area contributed by atoms with Crippen molar-refractivity contribution in [1.82, 2.24) is 19.5 Å². The van der Waals surface area contributed by atoms with Crippen LogP contribution in [0.1, 0.15) is 12.6 Å². The van der Waals surface area contributed by atoms with Crippen molar-refractivity contribution in [2.75, 3.05) is 6.61 Å². The second kappa shape index (κ2) is 4.84. The average molecular weight is 305 g/mol. The predicted octanol–water partition coefficient (Wildman–Crippen LogP) is 0.774. The Hall–Kier alpha value is -0.990. The highest BCUT2D eigenvalue weighted by Gasteiger charge is 2.35. The first kappa shape index (κ1) is 13.0. The lowest BCUT2D eigenvalue weighted by molar-refractivity contribution is -0.0432. The molecule has 2 N–H and O–H groups in total. The van der Waals surface area contributed by atoms with Crippen molar-refractivity contribution < 1.29 is 14.9 Å². The molecule has 2 aromatic rings. The Bertz CT molecular complexity index is 620. The van der Waals surface area contributed by atoms with Gasteiger partial charge in [-0.3, -0.25) is 4.57 Å². The number of ether oxygens (including phenoxy) is 1. The Balaban J connectivity index is 2.02. The molecule has 1 aliphatic heterocycles. The smallest absolute Gasteiger partial charge is 0.225 e. The zero-order valence-corrected chi connectivity index (χ0v) is 11.1. The number of aromatic nitrogens is 4. The molecule has 1 aliphatic rings. The van der Waals surface area contributed by atoms with E-state index in [1.54, 1.807) is 4.57 Å². The molecule has 9 heteroatoms. The summed E-state index contributed by atoms with van der Waals surface area (Å²) in [7, 11) is 0. The fourth-order valence-electron chi connectivity index (χ4n) is 2.12. The summed E-state index contributed by atoms with van der Waals surface area (Å²) >= 11 is 11.7. The van der Waals surface area contributed by atoms with Gasteiger partial charge in [0.15, 0.2) is 10.8 Å². The molecule has 1 unspecified atom stereocenters. The standard InChI is InChI=1S/C10H10Cl2N4O3/c11-8-7-9(15-10(12)14-8)16(3-13-7)6-1-4(18)5(2-17)19-6/h3-6,17-18H,1-2H2/t4-,5?,6+/m0/s1. The van der Waals surface area contributed by atoms with Crippen molar-refractivity contribution in [1.29, 1.82) is 0 Å². The third kappa shape index (κ3) is 2.17. The van der Waals surface area contributed by atoms with Crippen molar-refractivity contribution in [2.24, 2.45) is 0 Å². The highest BCUT2D eigenvalue weighted by Crippen LogP contribution is 2.31. The summed E-state index contributed by atoms with van der Waals surface area (Å²) < 4.78 is 7.15. The van der Waals surface area contributed by atoms with Crippen LogP contribution in [0.15, 0.2) is 6.33 Å². The van der Waals surface area contributed by atoms with Gasteiger partial charge < -0.3 is 14.9 Å². The van der Waals surface area contributed by atoms with E-state index >= 15 is 0 Å². The summed E-state index contributed by atoms with van der Waals surface area (Å²) in [6.07, 6.45) is 0.00360. The predicted molar refractivity (Wildman–Crippen MR) is 67.0 cm³/mol. The number of imidazole rings is 1. The van der Waals surface area contributed by atoms with Crippen LogP contribution in [0.25, 0.3) is 11.2 Å². The van der Waals surface area contributed by atoms with Gasteiger partial charge in [0.05, 0.1) is 19.0 Å². The number of aliphatic hydroxyl groups is 2. The first-order valence-electron chi connectivity index (χ1n) is 5.60. The molecule has 0 bridgehead atoms. The largest absolute Gasteiger partial charge is 0.394 e. The zero-order chi connectivity index (χ0) is 13.6. The Morgan fingerprint density at radius 3 is 2.89 bits per heavy atom. The van der Waals surface area contributed by atoms with E-state index in [0.717, 1.165) is 0 Å². The first-order valence-corrected chi connectivity index (χ1v) is 6.35. The molecule has 7 nitrogen and oxygen atoms in total. The minimum Gasteiger partial charge on any atom is -0.394 e. The van der Waals surface area contributed by atoms with Gasteiger partial charge in [0.25, 0.3) is 0 Å². The van der Waals surface area contributed by atoms with E-state index in [1.807, 2.05) is 0 Å². The van der Waals surface area contributed by atoms with Crippen molar-refractivity contribution in [2.45, 2.75) is 24.9 Å². The number of aliphatic hydroxyl groups excluding tert-OH is 2. The van der Waals surface area contributed by atoms with Crippen LogP contribution in [-0.2, 0) is 4.74 Å². The summed E-state index contributed by atoms with van der Waals surface area (Å²) in [5.74, 6) is 0. The summed E-state index contributed by atoms with van der Waals surface area (Å²) in [6, 6.07) is 0. The van der Waals surface area contributed by atoms with Crippen LogP contribution in [0.5, 0.6) is 0 Å². The molecular formula is C10H10Cl2N4O3. The molecular weight excluding hydrogens is 295 g/mol. The lowest BCUT2D eigenvalue weighted by atomic mass is 10.2. The van der Waals surface area contributed by atoms with Crippen LogP contribution in [0.4, 0.5) is 0 Å². The van der Waals surface area contributed by atoms with Crippen LogP contribution >= 0.6 is 23.2 Å². The Morgan fingerprint density at radius 2 is 2.21 bits per heavy atom. The first-order chi connectivity index (χ1) is 9.10. The van der Waals surface area contributed by atoms with Gasteiger partial charge in [-0.1, -0.05) is 11.6 Å². The normalized spacial score (nSPS) is 27.3. The molecule has 102 valence electrons. The van der Waals surface area contributed by atoms with Crippen LogP contribution in [0.2, 0.25) is 10.4 Å². The molecule has 0 aliphatic carbocycles. The van der Waals surface area contributed by atoms with E-state index < -0.39 is 18.4 Å². The van der Waals surface area contributed by atoms with Crippen molar-refractivity contribution >= 4 is 34.4 Å². The maximum Gasteiger partial charge on any atom is 0.225 e. The fourth-order valence-corrected chi connectivity index (χ4v) is 2.54. The monoisotopic (exact) mass is 304 g/mol. The second-order valence-corrected chi connectivity index (χ2v) is 4.92. The lowest BCUT2D eigenvalue weighted by Crippen LogP contribution is -2.24. The van der Waals surface area contributed by atoms with Crippen molar-refractivity contribution in [3.05, 3.63) is 16.8 Å². The quantitative estimate of drug-likeness (QED) is 0.629. The van der Waals surface area contributed by atoms with Crippen LogP contribution in [-0.4, -0.2) is 48.5 Å². The third-order valence-corrected chi connectivity index (χ3v) is 3.48. The van der Waals surface area contributed by atoms with Crippen LogP contribution in [0.3, 0.4) is 0 Å². The van der Waals surface area contributed by atoms with Crippen LogP contribution < -0.4 is 0 Å². The molecule has 0 spiro atoms. The summed E-state index contributed by atoms with van der Waals surface area (Å²) in [4.78, 5) is 12.0. The van der Waals surface area contributed by atoms with Crippen LogP contribution in [0, 0.1) is 0 Å². The molecule has 0 saturated carbocycles. The Kier molecular flexibility index (Phi) is 3.32.